The minimum absolute atomic E-state index is 0.0739. The van der Waals surface area contributed by atoms with Crippen LogP contribution in [0.3, 0.4) is 0 Å². The number of carboxylic acid groups (broad SMARTS) is 1. The van der Waals surface area contributed by atoms with Gasteiger partial charge in [0.2, 0.25) is 11.8 Å². The number of nitrogens with one attached hydrogen (secondary N) is 2. The average Bonchev–Trinajstić information content (AvgIpc) is 3.28. The molecule has 3 N–H and O–H groups in total. The first-order valence-electron chi connectivity index (χ1n) is 6.93. The van der Waals surface area contributed by atoms with Crippen molar-refractivity contribution in [3.05, 3.63) is 29.8 Å². The van der Waals surface area contributed by atoms with Gasteiger partial charge in [0.05, 0.1) is 5.41 Å². The van der Waals surface area contributed by atoms with Crippen LogP contribution in [0.25, 0.3) is 0 Å². The second kappa shape index (κ2) is 7.33. The van der Waals surface area contributed by atoms with Crippen LogP contribution < -0.4 is 10.6 Å². The van der Waals surface area contributed by atoms with Gasteiger partial charge >= 0.3 is 12.1 Å². The number of amides is 2. The molecule has 1 aromatic carbocycles. The van der Waals surface area contributed by atoms with Crippen molar-refractivity contribution in [3.8, 4) is 0 Å². The Morgan fingerprint density at radius 1 is 1.12 bits per heavy atom. The summed E-state index contributed by atoms with van der Waals surface area (Å²) in [5, 5.41) is 12.5. The van der Waals surface area contributed by atoms with Gasteiger partial charge in [-0.05, 0) is 30.5 Å². The first-order chi connectivity index (χ1) is 11.0. The zero-order chi connectivity index (χ0) is 18.5. The fraction of sp³-hybridized carbons (Fsp3) is 0.400. The lowest BCUT2D eigenvalue weighted by Gasteiger charge is -2.14. The monoisotopic (exact) mass is 346 g/mol. The van der Waals surface area contributed by atoms with Crippen LogP contribution in [0.15, 0.2) is 24.3 Å². The van der Waals surface area contributed by atoms with Gasteiger partial charge in [0.15, 0.2) is 0 Å². The lowest BCUT2D eigenvalue weighted by atomic mass is 9.95. The molecule has 9 heteroatoms. The van der Waals surface area contributed by atoms with E-state index in [-0.39, 0.29) is 17.2 Å². The Morgan fingerprint density at radius 2 is 1.58 bits per heavy atom. The van der Waals surface area contributed by atoms with Crippen molar-refractivity contribution in [2.24, 2.45) is 0 Å². The van der Waals surface area contributed by atoms with E-state index < -0.39 is 12.1 Å². The molecule has 0 saturated heterocycles. The van der Waals surface area contributed by atoms with Gasteiger partial charge in [0, 0.05) is 19.7 Å². The van der Waals surface area contributed by atoms with E-state index in [2.05, 4.69) is 10.6 Å². The summed E-state index contributed by atoms with van der Waals surface area (Å²) >= 11 is 0. The number of halogens is 3. The number of hydrogen-bond donors (Lipinski definition) is 3. The zero-order valence-corrected chi connectivity index (χ0v) is 13.0. The van der Waals surface area contributed by atoms with Crippen LogP contribution in [-0.4, -0.2) is 36.1 Å². The molecule has 1 aromatic rings. The van der Waals surface area contributed by atoms with Crippen molar-refractivity contribution in [2.75, 3.05) is 12.4 Å². The molecule has 1 aliphatic rings. The summed E-state index contributed by atoms with van der Waals surface area (Å²) < 4.78 is 31.7. The number of hydrogen-bond acceptors (Lipinski definition) is 3. The SMILES string of the molecule is CNC(=O)C1(c2ccc(NC(C)=O)cc2)CC1.O=C(O)C(F)(F)F. The smallest absolute Gasteiger partial charge is 0.475 e. The highest BCUT2D eigenvalue weighted by atomic mass is 19.4. The fourth-order valence-corrected chi connectivity index (χ4v) is 2.09. The second-order valence-corrected chi connectivity index (χ2v) is 5.22. The highest BCUT2D eigenvalue weighted by Gasteiger charge is 2.50. The second-order valence-electron chi connectivity index (χ2n) is 5.22. The summed E-state index contributed by atoms with van der Waals surface area (Å²) in [7, 11) is 1.66. The minimum Gasteiger partial charge on any atom is -0.475 e. The predicted molar refractivity (Wildman–Crippen MR) is 79.4 cm³/mol. The lowest BCUT2D eigenvalue weighted by Crippen LogP contribution is -2.31. The first-order valence-corrected chi connectivity index (χ1v) is 6.93. The Labute approximate surface area is 136 Å². The van der Waals surface area contributed by atoms with Crippen LogP contribution >= 0.6 is 0 Å². The largest absolute Gasteiger partial charge is 0.490 e. The molecule has 1 aliphatic carbocycles. The molecule has 0 aromatic heterocycles. The summed E-state index contributed by atoms with van der Waals surface area (Å²) in [5.74, 6) is -2.78. The van der Waals surface area contributed by atoms with Gasteiger partial charge in [-0.3, -0.25) is 9.59 Å². The highest BCUT2D eigenvalue weighted by Crippen LogP contribution is 2.48. The van der Waals surface area contributed by atoms with Gasteiger partial charge in [-0.2, -0.15) is 13.2 Å². The Bertz CT molecular complexity index is 623. The maximum atomic E-state index is 11.8. The van der Waals surface area contributed by atoms with Crippen molar-refractivity contribution in [1.82, 2.24) is 5.32 Å². The third kappa shape index (κ3) is 4.97. The van der Waals surface area contributed by atoms with Crippen LogP contribution in [0.1, 0.15) is 25.3 Å². The molecule has 2 rings (SSSR count). The number of carbonyl (C=O) groups excluding carboxylic acids is 2. The molecule has 0 atom stereocenters. The average molecular weight is 346 g/mol. The van der Waals surface area contributed by atoms with Crippen molar-refractivity contribution in [1.29, 1.82) is 0 Å². The molecule has 1 fully saturated rings. The van der Waals surface area contributed by atoms with Gasteiger partial charge < -0.3 is 15.7 Å². The first kappa shape index (κ1) is 19.5. The van der Waals surface area contributed by atoms with E-state index >= 15 is 0 Å². The van der Waals surface area contributed by atoms with Gasteiger partial charge in [0.25, 0.3) is 0 Å². The van der Waals surface area contributed by atoms with Gasteiger partial charge in [-0.15, -0.1) is 0 Å². The fourth-order valence-electron chi connectivity index (χ4n) is 2.09. The topological polar surface area (TPSA) is 95.5 Å². The van der Waals surface area contributed by atoms with Crippen molar-refractivity contribution in [3.63, 3.8) is 0 Å². The van der Waals surface area contributed by atoms with Crippen LogP contribution in [0, 0.1) is 0 Å². The summed E-state index contributed by atoms with van der Waals surface area (Å²) in [6.45, 7) is 1.47. The Balaban J connectivity index is 0.000000351. The third-order valence-electron chi connectivity index (χ3n) is 3.41. The maximum absolute atomic E-state index is 11.8. The third-order valence-corrected chi connectivity index (χ3v) is 3.41. The van der Waals surface area contributed by atoms with Crippen molar-refractivity contribution in [2.45, 2.75) is 31.4 Å². The Hall–Kier alpha value is -2.58. The number of carboxylic acids is 1. The lowest BCUT2D eigenvalue weighted by molar-refractivity contribution is -0.192. The molecular weight excluding hydrogens is 329 g/mol. The summed E-state index contributed by atoms with van der Waals surface area (Å²) in [4.78, 5) is 31.6. The molecule has 0 radical (unpaired) electrons. The number of aliphatic carboxylic acids is 1. The van der Waals surface area contributed by atoms with Crippen LogP contribution in [0.5, 0.6) is 0 Å². The summed E-state index contributed by atoms with van der Waals surface area (Å²) in [5.41, 5.74) is 1.45. The van der Waals surface area contributed by atoms with Crippen LogP contribution in [-0.2, 0) is 19.8 Å². The van der Waals surface area contributed by atoms with Crippen molar-refractivity contribution < 1.29 is 32.7 Å². The van der Waals surface area contributed by atoms with E-state index in [4.69, 9.17) is 9.90 Å². The number of carbonyl (C=O) groups is 3. The normalized spacial score (nSPS) is 14.7. The molecule has 2 amide bonds. The summed E-state index contributed by atoms with van der Waals surface area (Å²) in [6, 6.07) is 7.49. The van der Waals surface area contributed by atoms with E-state index in [1.54, 1.807) is 7.05 Å². The molecule has 1 saturated carbocycles. The predicted octanol–water partition coefficient (Wildman–Crippen LogP) is 2.06. The number of anilines is 1. The number of alkyl halides is 3. The molecule has 0 spiro atoms. The molecule has 6 nitrogen and oxygen atoms in total. The molecule has 0 heterocycles. The number of benzene rings is 1. The van der Waals surface area contributed by atoms with Crippen molar-refractivity contribution >= 4 is 23.5 Å². The summed E-state index contributed by atoms with van der Waals surface area (Å²) in [6.07, 6.45) is -3.29. The molecule has 24 heavy (non-hydrogen) atoms. The van der Waals surface area contributed by atoms with Crippen LogP contribution in [0.4, 0.5) is 18.9 Å². The molecule has 0 aliphatic heterocycles. The molecular formula is C15H17F3N2O4. The maximum Gasteiger partial charge on any atom is 0.490 e. The van der Waals surface area contributed by atoms with E-state index in [0.29, 0.717) is 0 Å². The van der Waals surface area contributed by atoms with Gasteiger partial charge in [0.1, 0.15) is 0 Å². The Morgan fingerprint density at radius 3 is 1.88 bits per heavy atom. The number of rotatable bonds is 3. The van der Waals surface area contributed by atoms with E-state index in [1.165, 1.54) is 6.92 Å². The van der Waals surface area contributed by atoms with Gasteiger partial charge in [-0.1, -0.05) is 12.1 Å². The molecule has 0 unspecified atom stereocenters. The minimum atomic E-state index is -5.08. The number of likely N-dealkylation sites (N-methyl/N-ethyl adjacent to an activating group) is 1. The van der Waals surface area contributed by atoms with Gasteiger partial charge in [-0.25, -0.2) is 4.79 Å². The molecule has 0 bridgehead atoms. The standard InChI is InChI=1S/C13H16N2O2.C2HF3O2/c1-9(16)15-11-5-3-10(4-6-11)13(7-8-13)12(17)14-2;3-2(4,5)1(6)7/h3-6H,7-8H2,1-2H3,(H,14,17)(H,15,16);(H,6,7). The van der Waals surface area contributed by atoms with E-state index in [1.807, 2.05) is 24.3 Å². The highest BCUT2D eigenvalue weighted by molar-refractivity contribution is 5.92. The molecule has 132 valence electrons. The van der Waals surface area contributed by atoms with E-state index in [9.17, 15) is 22.8 Å². The quantitative estimate of drug-likeness (QED) is 0.781. The van der Waals surface area contributed by atoms with E-state index in [0.717, 1.165) is 24.1 Å². The van der Waals surface area contributed by atoms with Crippen LogP contribution in [0.2, 0.25) is 0 Å². The Kier molecular flexibility index (Phi) is 5.94. The zero-order valence-electron chi connectivity index (χ0n) is 13.0.